The molecule has 0 bridgehead atoms. The molecule has 3 heterocycles. The van der Waals surface area contributed by atoms with Crippen LogP contribution in [-0.2, 0) is 6.42 Å². The zero-order valence-corrected chi connectivity index (χ0v) is 21.6. The summed E-state index contributed by atoms with van der Waals surface area (Å²) >= 11 is 4.30. The first-order valence-corrected chi connectivity index (χ1v) is 15.1. The Balaban J connectivity index is 1.28. The molecule has 0 spiro atoms. The monoisotopic (exact) mass is 510 g/mol. The van der Waals surface area contributed by atoms with Crippen molar-refractivity contribution in [1.29, 1.82) is 0 Å². The van der Waals surface area contributed by atoms with Gasteiger partial charge in [0.1, 0.15) is 0 Å². The van der Waals surface area contributed by atoms with Crippen molar-refractivity contribution in [1.82, 2.24) is 0 Å². The van der Waals surface area contributed by atoms with Gasteiger partial charge in [0.05, 0.1) is 0 Å². The SMILES string of the molecule is CCCCCCCCCCc1cc2cc3cc4[se]c(-c5cccs5)cc4cc3cc2s1. The van der Waals surface area contributed by atoms with Crippen molar-refractivity contribution in [2.75, 3.05) is 0 Å². The molecule has 2 aromatic carbocycles. The molecule has 0 radical (unpaired) electrons. The van der Waals surface area contributed by atoms with Crippen LogP contribution in [0.4, 0.5) is 0 Å². The zero-order chi connectivity index (χ0) is 21.0. The summed E-state index contributed by atoms with van der Waals surface area (Å²) in [6.45, 7) is 2.29. The van der Waals surface area contributed by atoms with Crippen LogP contribution in [0.25, 0.3) is 39.8 Å². The van der Waals surface area contributed by atoms with Crippen LogP contribution in [0.1, 0.15) is 63.2 Å². The van der Waals surface area contributed by atoms with E-state index in [-0.39, 0.29) is 0 Å². The summed E-state index contributed by atoms with van der Waals surface area (Å²) in [6, 6.07) is 19.0. The van der Waals surface area contributed by atoms with Crippen molar-refractivity contribution in [3.63, 3.8) is 0 Å². The summed E-state index contributed by atoms with van der Waals surface area (Å²) in [5, 5.41) is 7.86. The average Bonchev–Trinajstić information content (AvgIpc) is 3.51. The van der Waals surface area contributed by atoms with Gasteiger partial charge in [-0.05, 0) is 0 Å². The van der Waals surface area contributed by atoms with Crippen LogP contribution in [0.5, 0.6) is 0 Å². The van der Waals surface area contributed by atoms with Crippen LogP contribution in [0.2, 0.25) is 0 Å². The van der Waals surface area contributed by atoms with Crippen molar-refractivity contribution in [2.45, 2.75) is 64.7 Å². The Morgan fingerprint density at radius 2 is 1.52 bits per heavy atom. The first-order chi connectivity index (χ1) is 15.3. The van der Waals surface area contributed by atoms with Gasteiger partial charge in [-0.3, -0.25) is 0 Å². The van der Waals surface area contributed by atoms with Gasteiger partial charge in [-0.2, -0.15) is 0 Å². The molecule has 160 valence electrons. The molecule has 31 heavy (non-hydrogen) atoms. The first kappa shape index (κ1) is 21.5. The molecule has 0 nitrogen and oxygen atoms in total. The number of fused-ring (bicyclic) bond motifs is 3. The third-order valence-corrected chi connectivity index (χ3v) is 10.9. The molecule has 0 fully saturated rings. The summed E-state index contributed by atoms with van der Waals surface area (Å²) in [7, 11) is 0. The molecule has 0 N–H and O–H groups in total. The van der Waals surface area contributed by atoms with Crippen molar-refractivity contribution in [3.8, 4) is 9.31 Å². The van der Waals surface area contributed by atoms with Gasteiger partial charge in [-0.25, -0.2) is 0 Å². The molecule has 0 aliphatic carbocycles. The fourth-order valence-corrected chi connectivity index (χ4v) is 8.89. The second-order valence-electron chi connectivity index (χ2n) is 8.65. The molecular weight excluding hydrogens is 479 g/mol. The fourth-order valence-electron chi connectivity index (χ4n) is 4.48. The number of hydrogen-bond acceptors (Lipinski definition) is 2. The Labute approximate surface area is 199 Å². The van der Waals surface area contributed by atoms with Gasteiger partial charge in [0.15, 0.2) is 0 Å². The third kappa shape index (κ3) is 5.01. The molecule has 0 aliphatic heterocycles. The van der Waals surface area contributed by atoms with Crippen molar-refractivity contribution in [3.05, 3.63) is 58.8 Å². The number of thiophene rings is 2. The quantitative estimate of drug-likeness (QED) is 0.130. The molecule has 0 saturated carbocycles. The second kappa shape index (κ2) is 10.0. The average molecular weight is 510 g/mol. The molecule has 0 saturated heterocycles. The van der Waals surface area contributed by atoms with E-state index in [9.17, 15) is 0 Å². The van der Waals surface area contributed by atoms with Gasteiger partial charge >= 0.3 is 168 Å². The van der Waals surface area contributed by atoms with Gasteiger partial charge in [-0.15, -0.1) is 0 Å². The third-order valence-electron chi connectivity index (χ3n) is 6.20. The molecule has 0 unspecified atom stereocenters. The molecule has 3 heteroatoms. The van der Waals surface area contributed by atoms with Crippen LogP contribution >= 0.6 is 22.7 Å². The Morgan fingerprint density at radius 1 is 0.742 bits per heavy atom. The molecular formula is C28H30S2Se. The Bertz CT molecular complexity index is 1200. The number of aryl methyl sites for hydroxylation is 1. The summed E-state index contributed by atoms with van der Waals surface area (Å²) in [4.78, 5) is 3.00. The van der Waals surface area contributed by atoms with Gasteiger partial charge in [0.2, 0.25) is 0 Å². The van der Waals surface area contributed by atoms with Gasteiger partial charge < -0.3 is 0 Å². The number of hydrogen-bond donors (Lipinski definition) is 0. The fraction of sp³-hybridized carbons (Fsp3) is 0.357. The van der Waals surface area contributed by atoms with Crippen molar-refractivity contribution in [2.24, 2.45) is 0 Å². The zero-order valence-electron chi connectivity index (χ0n) is 18.3. The van der Waals surface area contributed by atoms with Crippen LogP contribution in [0, 0.1) is 0 Å². The predicted octanol–water partition coefficient (Wildman–Crippen LogP) is 9.68. The minimum absolute atomic E-state index is 0.430. The standard InChI is InChI=1S/C28H30S2Se/c1-2-3-4-5-6-7-8-9-11-24-16-22-14-21-18-27-23(15-20(21)17-26(22)30-24)19-28(31-27)25-12-10-13-29-25/h10,12-19H,2-9,11H2,1H3. The Hall–Kier alpha value is -1.38. The molecule has 5 rings (SSSR count). The minimum atomic E-state index is 0.430. The van der Waals surface area contributed by atoms with Crippen LogP contribution in [-0.4, -0.2) is 14.5 Å². The van der Waals surface area contributed by atoms with Gasteiger partial charge in [-0.1, -0.05) is 32.6 Å². The van der Waals surface area contributed by atoms with E-state index in [1.165, 1.54) is 97.6 Å². The van der Waals surface area contributed by atoms with Gasteiger partial charge in [0.25, 0.3) is 0 Å². The normalized spacial score (nSPS) is 11.9. The molecule has 0 atom stereocenters. The Kier molecular flexibility index (Phi) is 6.96. The first-order valence-electron chi connectivity index (χ1n) is 11.7. The second-order valence-corrected chi connectivity index (χ2v) is 13.0. The summed E-state index contributed by atoms with van der Waals surface area (Å²) in [6.07, 6.45) is 12.4. The van der Waals surface area contributed by atoms with Crippen LogP contribution in [0.15, 0.2) is 53.9 Å². The van der Waals surface area contributed by atoms with Crippen LogP contribution in [0.3, 0.4) is 0 Å². The van der Waals surface area contributed by atoms with Crippen molar-refractivity contribution < 1.29 is 0 Å². The Morgan fingerprint density at radius 3 is 2.32 bits per heavy atom. The van der Waals surface area contributed by atoms with E-state index in [4.69, 9.17) is 0 Å². The molecule has 3 aromatic heterocycles. The maximum absolute atomic E-state index is 2.46. The van der Waals surface area contributed by atoms with E-state index < -0.39 is 0 Å². The topological polar surface area (TPSA) is 0 Å². The summed E-state index contributed by atoms with van der Waals surface area (Å²) in [5.41, 5.74) is 0. The maximum atomic E-state index is 2.46. The van der Waals surface area contributed by atoms with E-state index in [1.807, 2.05) is 22.7 Å². The number of unbranched alkanes of at least 4 members (excludes halogenated alkanes) is 7. The molecule has 0 amide bonds. The van der Waals surface area contributed by atoms with E-state index in [0.29, 0.717) is 14.5 Å². The predicted molar refractivity (Wildman–Crippen MR) is 143 cm³/mol. The van der Waals surface area contributed by atoms with Crippen LogP contribution < -0.4 is 0 Å². The summed E-state index contributed by atoms with van der Waals surface area (Å²) in [5.74, 6) is 0. The molecule has 0 aliphatic rings. The van der Waals surface area contributed by atoms with Gasteiger partial charge in [0, 0.05) is 0 Å². The summed E-state index contributed by atoms with van der Waals surface area (Å²) < 4.78 is 4.52. The number of benzene rings is 2. The van der Waals surface area contributed by atoms with E-state index in [2.05, 4.69) is 60.8 Å². The number of rotatable bonds is 10. The van der Waals surface area contributed by atoms with Crippen molar-refractivity contribution >= 4 is 67.7 Å². The van der Waals surface area contributed by atoms with E-state index >= 15 is 0 Å². The molecule has 5 aromatic rings. The van der Waals surface area contributed by atoms with E-state index in [0.717, 1.165) is 0 Å². The van der Waals surface area contributed by atoms with E-state index in [1.54, 1.807) is 4.88 Å².